The van der Waals surface area contributed by atoms with Crippen molar-refractivity contribution in [2.24, 2.45) is 0 Å². The molecular weight excluding hydrogens is 342 g/mol. The predicted octanol–water partition coefficient (Wildman–Crippen LogP) is 3.48. The predicted molar refractivity (Wildman–Crippen MR) is 105 cm³/mol. The van der Waals surface area contributed by atoms with Crippen LogP contribution in [-0.2, 0) is 6.42 Å². The molecule has 7 heteroatoms. The second kappa shape index (κ2) is 8.75. The van der Waals surface area contributed by atoms with Crippen molar-refractivity contribution in [2.75, 3.05) is 24.3 Å². The Labute approximate surface area is 157 Å². The molecule has 27 heavy (non-hydrogen) atoms. The number of ketones is 1. The maximum atomic E-state index is 11.3. The zero-order valence-electron chi connectivity index (χ0n) is 15.3. The molecule has 0 saturated heterocycles. The number of carbonyl (C=O) groups is 1. The minimum Gasteiger partial charge on any atom is -0.496 e. The Balaban J connectivity index is 1.59. The molecule has 0 bridgehead atoms. The van der Waals surface area contributed by atoms with Crippen molar-refractivity contribution in [1.29, 1.82) is 0 Å². The standard InChI is InChI=1S/C20H21N5O2/c1-14(26)15-7-9-17(10-8-15)23-20-24-19(13-22-25-20)21-12-11-16-5-3-4-6-18(16)27-2/h3-10,13H,11-12H2,1-2H3,(H2,21,23,24,25). The van der Waals surface area contributed by atoms with E-state index in [4.69, 9.17) is 4.74 Å². The molecule has 0 atom stereocenters. The number of hydrogen-bond acceptors (Lipinski definition) is 7. The van der Waals surface area contributed by atoms with Crippen LogP contribution in [0.15, 0.2) is 54.7 Å². The average Bonchev–Trinajstić information content (AvgIpc) is 2.69. The van der Waals surface area contributed by atoms with Crippen LogP contribution in [0.4, 0.5) is 17.5 Å². The van der Waals surface area contributed by atoms with Gasteiger partial charge in [0.1, 0.15) is 5.75 Å². The van der Waals surface area contributed by atoms with E-state index in [0.717, 1.165) is 23.4 Å². The van der Waals surface area contributed by atoms with Crippen LogP contribution in [0.1, 0.15) is 22.8 Å². The van der Waals surface area contributed by atoms with Crippen molar-refractivity contribution in [3.8, 4) is 5.75 Å². The third kappa shape index (κ3) is 5.01. The first-order chi connectivity index (χ1) is 13.2. The summed E-state index contributed by atoms with van der Waals surface area (Å²) in [4.78, 5) is 15.7. The quantitative estimate of drug-likeness (QED) is 0.592. The summed E-state index contributed by atoms with van der Waals surface area (Å²) in [6.07, 6.45) is 2.37. The SMILES string of the molecule is COc1ccccc1CCNc1cnnc(Nc2ccc(C(C)=O)cc2)n1. The average molecular weight is 363 g/mol. The normalized spacial score (nSPS) is 10.3. The summed E-state index contributed by atoms with van der Waals surface area (Å²) in [7, 11) is 1.67. The van der Waals surface area contributed by atoms with Gasteiger partial charge in [0.15, 0.2) is 11.6 Å². The van der Waals surface area contributed by atoms with E-state index >= 15 is 0 Å². The molecule has 1 heterocycles. The van der Waals surface area contributed by atoms with Crippen LogP contribution < -0.4 is 15.4 Å². The Morgan fingerprint density at radius 1 is 1.11 bits per heavy atom. The fourth-order valence-corrected chi connectivity index (χ4v) is 2.59. The summed E-state index contributed by atoms with van der Waals surface area (Å²) in [6, 6.07) is 15.1. The number of rotatable bonds is 8. The maximum Gasteiger partial charge on any atom is 0.249 e. The molecule has 0 amide bonds. The van der Waals surface area contributed by atoms with Gasteiger partial charge in [-0.05, 0) is 49.2 Å². The van der Waals surface area contributed by atoms with Crippen molar-refractivity contribution >= 4 is 23.2 Å². The molecule has 0 unspecified atom stereocenters. The van der Waals surface area contributed by atoms with Gasteiger partial charge in [-0.2, -0.15) is 10.1 Å². The van der Waals surface area contributed by atoms with Crippen LogP contribution in [0.5, 0.6) is 5.75 Å². The van der Waals surface area contributed by atoms with E-state index < -0.39 is 0 Å². The van der Waals surface area contributed by atoms with Gasteiger partial charge in [0, 0.05) is 17.8 Å². The number of methoxy groups -OCH3 is 1. The van der Waals surface area contributed by atoms with Gasteiger partial charge in [0.05, 0.1) is 13.3 Å². The van der Waals surface area contributed by atoms with Crippen molar-refractivity contribution in [2.45, 2.75) is 13.3 Å². The van der Waals surface area contributed by atoms with Crippen LogP contribution in [0.25, 0.3) is 0 Å². The monoisotopic (exact) mass is 363 g/mol. The van der Waals surface area contributed by atoms with E-state index in [-0.39, 0.29) is 5.78 Å². The molecule has 0 aliphatic carbocycles. The number of hydrogen-bond donors (Lipinski definition) is 2. The molecule has 0 aliphatic heterocycles. The fraction of sp³-hybridized carbons (Fsp3) is 0.200. The highest BCUT2D eigenvalue weighted by atomic mass is 16.5. The number of nitrogens with one attached hydrogen (secondary N) is 2. The van der Waals surface area contributed by atoms with Gasteiger partial charge in [0.2, 0.25) is 5.95 Å². The smallest absolute Gasteiger partial charge is 0.249 e. The number of Topliss-reactive ketones (excluding diaryl/α,β-unsaturated/α-hetero) is 1. The Morgan fingerprint density at radius 2 is 1.89 bits per heavy atom. The summed E-state index contributed by atoms with van der Waals surface area (Å²) in [5, 5.41) is 14.3. The number of carbonyl (C=O) groups excluding carboxylic acids is 1. The second-order valence-corrected chi connectivity index (χ2v) is 5.91. The lowest BCUT2D eigenvalue weighted by Crippen LogP contribution is -2.09. The van der Waals surface area contributed by atoms with Crippen LogP contribution in [-0.4, -0.2) is 34.6 Å². The number of ether oxygens (including phenoxy) is 1. The number of nitrogens with zero attached hydrogens (tertiary/aromatic N) is 3. The molecule has 0 fully saturated rings. The van der Waals surface area contributed by atoms with Gasteiger partial charge in [-0.25, -0.2) is 0 Å². The Morgan fingerprint density at radius 3 is 2.63 bits per heavy atom. The first kappa shape index (κ1) is 18.3. The van der Waals surface area contributed by atoms with Gasteiger partial charge in [0.25, 0.3) is 0 Å². The van der Waals surface area contributed by atoms with Crippen LogP contribution in [0.3, 0.4) is 0 Å². The van der Waals surface area contributed by atoms with Crippen LogP contribution >= 0.6 is 0 Å². The fourth-order valence-electron chi connectivity index (χ4n) is 2.59. The summed E-state index contributed by atoms with van der Waals surface area (Å²) in [5.41, 5.74) is 2.57. The Kier molecular flexibility index (Phi) is 5.94. The minimum absolute atomic E-state index is 0.0284. The van der Waals surface area contributed by atoms with Gasteiger partial charge >= 0.3 is 0 Å². The van der Waals surface area contributed by atoms with E-state index in [1.165, 1.54) is 6.92 Å². The first-order valence-corrected chi connectivity index (χ1v) is 8.59. The highest BCUT2D eigenvalue weighted by Crippen LogP contribution is 2.18. The van der Waals surface area contributed by atoms with Gasteiger partial charge in [-0.3, -0.25) is 4.79 Å². The molecule has 0 spiro atoms. The minimum atomic E-state index is 0.0284. The molecule has 0 aliphatic rings. The molecule has 0 radical (unpaired) electrons. The number of aromatic nitrogens is 3. The zero-order valence-corrected chi connectivity index (χ0v) is 15.3. The molecule has 0 saturated carbocycles. The lowest BCUT2D eigenvalue weighted by atomic mass is 10.1. The highest BCUT2D eigenvalue weighted by Gasteiger charge is 2.05. The van der Waals surface area contributed by atoms with Crippen LogP contribution in [0, 0.1) is 0 Å². The molecule has 138 valence electrons. The van der Waals surface area contributed by atoms with Gasteiger partial charge in [-0.1, -0.05) is 18.2 Å². The third-order valence-corrected chi connectivity index (χ3v) is 4.00. The van der Waals surface area contributed by atoms with Gasteiger partial charge < -0.3 is 15.4 Å². The second-order valence-electron chi connectivity index (χ2n) is 5.91. The topological polar surface area (TPSA) is 89.0 Å². The summed E-state index contributed by atoms with van der Waals surface area (Å²) in [5.74, 6) is 1.91. The van der Waals surface area contributed by atoms with E-state index in [0.29, 0.717) is 23.9 Å². The van der Waals surface area contributed by atoms with Crippen molar-refractivity contribution in [3.63, 3.8) is 0 Å². The van der Waals surface area contributed by atoms with Crippen LogP contribution in [0.2, 0.25) is 0 Å². The summed E-state index contributed by atoms with van der Waals surface area (Å²) in [6.45, 7) is 2.22. The summed E-state index contributed by atoms with van der Waals surface area (Å²) < 4.78 is 5.36. The van der Waals surface area contributed by atoms with Crippen molar-refractivity contribution in [3.05, 3.63) is 65.9 Å². The third-order valence-electron chi connectivity index (χ3n) is 4.00. The Hall–Kier alpha value is -3.48. The highest BCUT2D eigenvalue weighted by molar-refractivity contribution is 5.94. The summed E-state index contributed by atoms with van der Waals surface area (Å²) >= 11 is 0. The van der Waals surface area contributed by atoms with Crippen molar-refractivity contribution in [1.82, 2.24) is 15.2 Å². The lowest BCUT2D eigenvalue weighted by Gasteiger charge is -2.10. The largest absolute Gasteiger partial charge is 0.496 e. The first-order valence-electron chi connectivity index (χ1n) is 8.59. The molecule has 2 N–H and O–H groups in total. The number of benzene rings is 2. The molecular formula is C20H21N5O2. The Bertz CT molecular complexity index is 912. The molecule has 3 rings (SSSR count). The van der Waals surface area contributed by atoms with Gasteiger partial charge in [-0.15, -0.1) is 5.10 Å². The molecule has 1 aromatic heterocycles. The number of para-hydroxylation sites is 1. The van der Waals surface area contributed by atoms with E-state index in [1.54, 1.807) is 25.4 Å². The van der Waals surface area contributed by atoms with E-state index in [9.17, 15) is 4.79 Å². The van der Waals surface area contributed by atoms with E-state index in [2.05, 4.69) is 25.8 Å². The zero-order chi connectivity index (χ0) is 19.1. The lowest BCUT2D eigenvalue weighted by molar-refractivity contribution is 0.101. The number of anilines is 3. The van der Waals surface area contributed by atoms with E-state index in [1.807, 2.05) is 36.4 Å². The van der Waals surface area contributed by atoms with Crippen molar-refractivity contribution < 1.29 is 9.53 Å². The molecule has 7 nitrogen and oxygen atoms in total. The molecule has 3 aromatic rings. The maximum absolute atomic E-state index is 11.3. The molecule has 2 aromatic carbocycles.